The van der Waals surface area contributed by atoms with Crippen LogP contribution in [0.2, 0.25) is 0 Å². The molecule has 1 aromatic rings. The van der Waals surface area contributed by atoms with Gasteiger partial charge in [0, 0.05) is 19.2 Å². The van der Waals surface area contributed by atoms with Gasteiger partial charge in [0.15, 0.2) is 0 Å². The van der Waals surface area contributed by atoms with E-state index in [0.29, 0.717) is 6.04 Å². The van der Waals surface area contributed by atoms with Gasteiger partial charge < -0.3 is 9.80 Å². The van der Waals surface area contributed by atoms with Gasteiger partial charge in [0.05, 0.1) is 11.6 Å². The Kier molecular flexibility index (Phi) is 4.62. The number of piperazine rings is 1. The van der Waals surface area contributed by atoms with E-state index in [4.69, 9.17) is 0 Å². The Labute approximate surface area is 132 Å². The zero-order valence-corrected chi connectivity index (χ0v) is 13.8. The molecule has 3 rings (SSSR count). The Morgan fingerprint density at radius 2 is 1.82 bits per heavy atom. The number of nitrogens with one attached hydrogen (secondary N) is 2. The number of anilines is 1. The molecule has 0 aliphatic carbocycles. The normalized spacial score (nSPS) is 20.0. The quantitative estimate of drug-likeness (QED) is 0.844. The van der Waals surface area contributed by atoms with Gasteiger partial charge in [-0.05, 0) is 32.8 Å². The zero-order valence-electron chi connectivity index (χ0n) is 13.8. The molecule has 1 aromatic heterocycles. The summed E-state index contributed by atoms with van der Waals surface area (Å²) in [6, 6.07) is 4.73. The van der Waals surface area contributed by atoms with Crippen molar-refractivity contribution in [1.82, 2.24) is 4.90 Å². The molecule has 120 valence electrons. The number of quaternary nitrogens is 1. The van der Waals surface area contributed by atoms with E-state index in [1.165, 1.54) is 13.1 Å². The summed E-state index contributed by atoms with van der Waals surface area (Å²) in [4.78, 5) is 21.7. The van der Waals surface area contributed by atoms with Crippen molar-refractivity contribution in [3.63, 3.8) is 0 Å². The number of carbonyl (C=O) groups is 1. The smallest absolute Gasteiger partial charge is 0.274 e. The lowest BCUT2D eigenvalue weighted by Crippen LogP contribution is -3.17. The van der Waals surface area contributed by atoms with E-state index in [1.807, 2.05) is 17.2 Å². The van der Waals surface area contributed by atoms with Crippen molar-refractivity contribution in [1.29, 1.82) is 0 Å². The van der Waals surface area contributed by atoms with Crippen molar-refractivity contribution >= 4 is 11.7 Å². The molecule has 0 spiro atoms. The fraction of sp³-hybridized carbons (Fsp3) is 0.647. The van der Waals surface area contributed by atoms with Crippen molar-refractivity contribution in [3.8, 4) is 0 Å². The van der Waals surface area contributed by atoms with Crippen LogP contribution < -0.4 is 14.8 Å². The third-order valence-electron chi connectivity index (χ3n) is 5.00. The largest absolute Gasteiger partial charge is 0.339 e. The van der Waals surface area contributed by atoms with Crippen LogP contribution in [-0.4, -0.2) is 56.1 Å². The summed E-state index contributed by atoms with van der Waals surface area (Å²) in [5, 5.41) is 0. The number of hydrogen-bond acceptors (Lipinski definition) is 2. The first kappa shape index (κ1) is 15.3. The molecular weight excluding hydrogens is 276 g/mol. The van der Waals surface area contributed by atoms with Crippen LogP contribution in [0.4, 0.5) is 5.82 Å². The maximum atomic E-state index is 12.3. The predicted octanol–water partition coefficient (Wildman–Crippen LogP) is -0.150. The van der Waals surface area contributed by atoms with Gasteiger partial charge in [-0.25, -0.2) is 4.98 Å². The highest BCUT2D eigenvalue weighted by molar-refractivity contribution is 5.93. The van der Waals surface area contributed by atoms with Gasteiger partial charge in [0.1, 0.15) is 32.4 Å². The zero-order chi connectivity index (χ0) is 15.5. The molecule has 0 bridgehead atoms. The maximum Gasteiger partial charge on any atom is 0.274 e. The number of carbonyl (C=O) groups excluding carboxylic acids is 1. The summed E-state index contributed by atoms with van der Waals surface area (Å²) in [7, 11) is 0. The Bertz CT molecular complexity index is 500. The van der Waals surface area contributed by atoms with Crippen molar-refractivity contribution in [2.75, 3.05) is 44.2 Å². The number of amides is 1. The van der Waals surface area contributed by atoms with Crippen molar-refractivity contribution in [3.05, 3.63) is 23.9 Å². The minimum absolute atomic E-state index is 0.161. The molecule has 3 heterocycles. The van der Waals surface area contributed by atoms with E-state index in [1.54, 1.807) is 4.90 Å². The molecule has 1 amide bonds. The lowest BCUT2D eigenvalue weighted by Gasteiger charge is -2.30. The topological polar surface area (TPSA) is 42.1 Å². The van der Waals surface area contributed by atoms with Gasteiger partial charge in [-0.15, -0.1) is 0 Å². The first-order valence-electron chi connectivity index (χ1n) is 8.55. The van der Waals surface area contributed by atoms with Crippen LogP contribution in [0.25, 0.3) is 0 Å². The molecule has 0 aromatic carbocycles. The summed E-state index contributed by atoms with van der Waals surface area (Å²) < 4.78 is 0. The second-order valence-electron chi connectivity index (χ2n) is 6.76. The first-order valence-corrected chi connectivity index (χ1v) is 8.55. The molecule has 2 aliphatic rings. The molecule has 0 radical (unpaired) electrons. The highest BCUT2D eigenvalue weighted by atomic mass is 16.2. The number of nitrogens with zero attached hydrogens (tertiary/aromatic N) is 2. The third-order valence-corrected chi connectivity index (χ3v) is 5.00. The second kappa shape index (κ2) is 6.65. The highest BCUT2D eigenvalue weighted by Crippen LogP contribution is 2.13. The molecule has 0 saturated carbocycles. The molecule has 2 aliphatic heterocycles. The van der Waals surface area contributed by atoms with E-state index in [0.717, 1.165) is 50.4 Å². The predicted molar refractivity (Wildman–Crippen MR) is 86.2 cm³/mol. The Hall–Kier alpha value is -1.62. The number of likely N-dealkylation sites (tertiary alicyclic amines) is 1. The Balaban J connectivity index is 1.61. The van der Waals surface area contributed by atoms with E-state index in [-0.39, 0.29) is 5.91 Å². The molecule has 22 heavy (non-hydrogen) atoms. The van der Waals surface area contributed by atoms with Gasteiger partial charge >= 0.3 is 0 Å². The molecule has 5 nitrogen and oxygen atoms in total. The van der Waals surface area contributed by atoms with Gasteiger partial charge in [0.2, 0.25) is 0 Å². The highest BCUT2D eigenvalue weighted by Gasteiger charge is 2.28. The van der Waals surface area contributed by atoms with Crippen LogP contribution in [0.15, 0.2) is 18.3 Å². The molecule has 0 atom stereocenters. The Morgan fingerprint density at radius 3 is 2.36 bits per heavy atom. The summed E-state index contributed by atoms with van der Waals surface area (Å²) in [5.41, 5.74) is 0.775. The number of hydrogen-bond donors (Lipinski definition) is 1. The number of H-pyrrole nitrogens is 1. The van der Waals surface area contributed by atoms with Gasteiger partial charge in [-0.3, -0.25) is 9.69 Å². The standard InChI is InChI=1S/C17H26N4O/c1-14(2)19-9-11-20(12-10-19)16-6-5-15(13-18-16)17(22)21-7-3-4-8-21/h5-6,13-14H,3-4,7-12H2,1-2H3/p+2. The molecule has 2 N–H and O–H groups in total. The van der Waals surface area contributed by atoms with Crippen molar-refractivity contribution < 1.29 is 14.7 Å². The van der Waals surface area contributed by atoms with Crippen LogP contribution in [0, 0.1) is 0 Å². The minimum atomic E-state index is 0.161. The molecule has 5 heteroatoms. The fourth-order valence-electron chi connectivity index (χ4n) is 3.46. The van der Waals surface area contributed by atoms with Crippen molar-refractivity contribution in [2.45, 2.75) is 32.7 Å². The fourth-order valence-corrected chi connectivity index (χ4v) is 3.46. The lowest BCUT2D eigenvalue weighted by atomic mass is 10.2. The maximum absolute atomic E-state index is 12.3. The van der Waals surface area contributed by atoms with E-state index in [9.17, 15) is 4.79 Å². The molecule has 2 fully saturated rings. The number of aromatic nitrogens is 1. The monoisotopic (exact) mass is 304 g/mol. The van der Waals surface area contributed by atoms with Gasteiger partial charge in [0.25, 0.3) is 11.7 Å². The third kappa shape index (κ3) is 3.24. The summed E-state index contributed by atoms with van der Waals surface area (Å²) in [5.74, 6) is 1.29. The van der Waals surface area contributed by atoms with E-state index < -0.39 is 0 Å². The van der Waals surface area contributed by atoms with Gasteiger partial charge in [-0.2, -0.15) is 0 Å². The lowest BCUT2D eigenvalue weighted by molar-refractivity contribution is -0.922. The molecule has 0 unspecified atom stereocenters. The van der Waals surface area contributed by atoms with E-state index in [2.05, 4.69) is 29.8 Å². The van der Waals surface area contributed by atoms with E-state index >= 15 is 0 Å². The van der Waals surface area contributed by atoms with Crippen LogP contribution in [0.1, 0.15) is 37.0 Å². The Morgan fingerprint density at radius 1 is 1.14 bits per heavy atom. The summed E-state index contributed by atoms with van der Waals surface area (Å²) in [6.07, 6.45) is 4.14. The summed E-state index contributed by atoms with van der Waals surface area (Å²) in [6.45, 7) is 10.9. The van der Waals surface area contributed by atoms with Crippen LogP contribution in [0.5, 0.6) is 0 Å². The second-order valence-corrected chi connectivity index (χ2v) is 6.76. The average molecular weight is 304 g/mol. The average Bonchev–Trinajstić information content (AvgIpc) is 3.09. The number of aromatic amines is 1. The number of pyridine rings is 1. The van der Waals surface area contributed by atoms with Crippen LogP contribution in [0.3, 0.4) is 0 Å². The molecule has 2 saturated heterocycles. The summed E-state index contributed by atoms with van der Waals surface area (Å²) >= 11 is 0. The first-order chi connectivity index (χ1) is 10.6. The van der Waals surface area contributed by atoms with Crippen LogP contribution in [-0.2, 0) is 0 Å². The SMILES string of the molecule is CC(C)[NH+]1CCN(c2ccc(C(=O)N3CCCC3)c[nH+]2)CC1. The van der Waals surface area contributed by atoms with Gasteiger partial charge in [-0.1, -0.05) is 0 Å². The molecular formula is C17H28N4O+2. The minimum Gasteiger partial charge on any atom is -0.339 e. The number of rotatable bonds is 3. The van der Waals surface area contributed by atoms with Crippen molar-refractivity contribution in [2.24, 2.45) is 0 Å². The van der Waals surface area contributed by atoms with Crippen LogP contribution >= 0.6 is 0 Å².